The highest BCUT2D eigenvalue weighted by Gasteiger charge is 2.54. The highest BCUT2D eigenvalue weighted by molar-refractivity contribution is 5.74. The highest BCUT2D eigenvalue weighted by Crippen LogP contribution is 2.28. The van der Waals surface area contributed by atoms with Crippen molar-refractivity contribution in [1.29, 1.82) is 0 Å². The first-order chi connectivity index (χ1) is 6.28. The molecule has 1 fully saturated rings. The number of rotatable bonds is 1. The number of aliphatic hydroxyl groups is 4. The second kappa shape index (κ2) is 3.44. The van der Waals surface area contributed by atoms with Gasteiger partial charge in [0, 0.05) is 0 Å². The highest BCUT2D eigenvalue weighted by atomic mass is 16.6. The van der Waals surface area contributed by atoms with E-state index in [1.807, 2.05) is 0 Å². The van der Waals surface area contributed by atoms with Crippen molar-refractivity contribution in [2.45, 2.75) is 37.1 Å². The molecule has 1 heterocycles. The Bertz CT molecular complexity index is 238. The number of aliphatic hydroxyl groups excluding tert-OH is 3. The standard InChI is InChI=1S/C7H12O7/c1-7(13)3(9)2(8)6(12)14-4(7)5(10)11/h2-4,6,8-9,12-13H,1H3,(H,10,11). The van der Waals surface area contributed by atoms with Crippen LogP contribution in [0.3, 0.4) is 0 Å². The molecule has 7 heteroatoms. The van der Waals surface area contributed by atoms with Gasteiger partial charge in [0.1, 0.15) is 17.8 Å². The van der Waals surface area contributed by atoms with Crippen LogP contribution in [0.5, 0.6) is 0 Å². The molecule has 5 unspecified atom stereocenters. The SMILES string of the molecule is CC1(O)C(C(=O)O)OC(O)C(O)C1O. The third kappa shape index (κ3) is 1.60. The summed E-state index contributed by atoms with van der Waals surface area (Å²) >= 11 is 0. The minimum Gasteiger partial charge on any atom is -0.479 e. The fourth-order valence-corrected chi connectivity index (χ4v) is 1.32. The summed E-state index contributed by atoms with van der Waals surface area (Å²) in [6, 6.07) is 0. The van der Waals surface area contributed by atoms with Gasteiger partial charge in [0.25, 0.3) is 0 Å². The minimum absolute atomic E-state index is 1.01. The third-order valence-corrected chi connectivity index (χ3v) is 2.25. The predicted molar refractivity (Wildman–Crippen MR) is 41.2 cm³/mol. The summed E-state index contributed by atoms with van der Waals surface area (Å²) in [6.45, 7) is 1.01. The molecule has 14 heavy (non-hydrogen) atoms. The molecular weight excluding hydrogens is 196 g/mol. The zero-order chi connectivity index (χ0) is 11.1. The molecule has 0 radical (unpaired) electrons. The van der Waals surface area contributed by atoms with Gasteiger partial charge in [-0.1, -0.05) is 0 Å². The molecule has 1 aliphatic heterocycles. The lowest BCUT2D eigenvalue weighted by atomic mass is 9.86. The molecule has 1 aliphatic rings. The van der Waals surface area contributed by atoms with Gasteiger partial charge in [0.15, 0.2) is 12.4 Å². The molecule has 0 spiro atoms. The van der Waals surface area contributed by atoms with Crippen LogP contribution < -0.4 is 0 Å². The number of carboxylic acid groups (broad SMARTS) is 1. The summed E-state index contributed by atoms with van der Waals surface area (Å²) in [4.78, 5) is 10.6. The molecule has 0 aromatic rings. The lowest BCUT2D eigenvalue weighted by molar-refractivity contribution is -0.307. The molecule has 0 aliphatic carbocycles. The normalized spacial score (nSPS) is 48.9. The summed E-state index contributed by atoms with van der Waals surface area (Å²) in [5, 5.41) is 45.5. The summed E-state index contributed by atoms with van der Waals surface area (Å²) in [5.74, 6) is -1.53. The van der Waals surface area contributed by atoms with Crippen molar-refractivity contribution in [3.63, 3.8) is 0 Å². The molecule has 0 bridgehead atoms. The van der Waals surface area contributed by atoms with Crippen molar-refractivity contribution in [2.75, 3.05) is 0 Å². The van der Waals surface area contributed by atoms with E-state index in [0.717, 1.165) is 6.92 Å². The summed E-state index contributed by atoms with van der Waals surface area (Å²) < 4.78 is 4.44. The van der Waals surface area contributed by atoms with Gasteiger partial charge in [-0.05, 0) is 6.92 Å². The fourth-order valence-electron chi connectivity index (χ4n) is 1.32. The van der Waals surface area contributed by atoms with Crippen LogP contribution in [0.1, 0.15) is 6.92 Å². The van der Waals surface area contributed by atoms with Gasteiger partial charge in [0.2, 0.25) is 0 Å². The Balaban J connectivity index is 2.95. The monoisotopic (exact) mass is 208 g/mol. The van der Waals surface area contributed by atoms with Crippen molar-refractivity contribution in [2.24, 2.45) is 0 Å². The van der Waals surface area contributed by atoms with Gasteiger partial charge < -0.3 is 30.3 Å². The summed E-state index contributed by atoms with van der Waals surface area (Å²) in [6.07, 6.45) is -7.13. The Morgan fingerprint density at radius 2 is 1.86 bits per heavy atom. The quantitative estimate of drug-likeness (QED) is 0.316. The number of carbonyl (C=O) groups is 1. The van der Waals surface area contributed by atoms with Crippen LogP contribution in [0.25, 0.3) is 0 Å². The Morgan fingerprint density at radius 3 is 2.29 bits per heavy atom. The molecule has 1 saturated heterocycles. The smallest absolute Gasteiger partial charge is 0.336 e. The van der Waals surface area contributed by atoms with Gasteiger partial charge in [-0.2, -0.15) is 0 Å². The first kappa shape index (κ1) is 11.3. The molecule has 0 aromatic heterocycles. The van der Waals surface area contributed by atoms with Gasteiger partial charge in [-0.15, -0.1) is 0 Å². The molecule has 1 rings (SSSR count). The minimum atomic E-state index is -2.15. The summed E-state index contributed by atoms with van der Waals surface area (Å²) in [5.41, 5.74) is -2.15. The lowest BCUT2D eigenvalue weighted by Crippen LogP contribution is -2.66. The van der Waals surface area contributed by atoms with Crippen LogP contribution in [0.2, 0.25) is 0 Å². The Hall–Kier alpha value is -0.730. The Morgan fingerprint density at radius 1 is 1.36 bits per heavy atom. The molecule has 0 aromatic carbocycles. The van der Waals surface area contributed by atoms with E-state index < -0.39 is 36.2 Å². The van der Waals surface area contributed by atoms with Crippen molar-refractivity contribution in [3.05, 3.63) is 0 Å². The van der Waals surface area contributed by atoms with E-state index in [4.69, 9.17) is 15.3 Å². The maximum atomic E-state index is 10.6. The number of aliphatic carboxylic acids is 1. The average Bonchev–Trinajstić information content (AvgIpc) is 2.08. The van der Waals surface area contributed by atoms with Crippen LogP contribution in [-0.2, 0) is 9.53 Å². The fraction of sp³-hybridized carbons (Fsp3) is 0.857. The predicted octanol–water partition coefficient (Wildman–Crippen LogP) is -2.74. The number of hydrogen-bond donors (Lipinski definition) is 5. The molecule has 7 nitrogen and oxygen atoms in total. The number of ether oxygens (including phenoxy) is 1. The van der Waals surface area contributed by atoms with Crippen LogP contribution >= 0.6 is 0 Å². The van der Waals surface area contributed by atoms with E-state index in [9.17, 15) is 15.0 Å². The third-order valence-electron chi connectivity index (χ3n) is 2.25. The second-order valence-electron chi connectivity index (χ2n) is 3.41. The number of carboxylic acids is 1. The Kier molecular flexibility index (Phi) is 2.79. The zero-order valence-electron chi connectivity index (χ0n) is 7.36. The van der Waals surface area contributed by atoms with Crippen LogP contribution in [0, 0.1) is 0 Å². The van der Waals surface area contributed by atoms with E-state index in [1.165, 1.54) is 0 Å². The molecule has 0 amide bonds. The van der Waals surface area contributed by atoms with Crippen molar-refractivity contribution in [3.8, 4) is 0 Å². The van der Waals surface area contributed by atoms with Crippen molar-refractivity contribution < 1.29 is 35.1 Å². The van der Waals surface area contributed by atoms with Crippen LogP contribution in [0.4, 0.5) is 0 Å². The molecule has 5 N–H and O–H groups in total. The maximum Gasteiger partial charge on any atom is 0.336 e. The van der Waals surface area contributed by atoms with Gasteiger partial charge >= 0.3 is 5.97 Å². The molecule has 82 valence electrons. The number of hydrogen-bond acceptors (Lipinski definition) is 6. The largest absolute Gasteiger partial charge is 0.479 e. The van der Waals surface area contributed by atoms with Crippen LogP contribution in [-0.4, -0.2) is 61.7 Å². The maximum absolute atomic E-state index is 10.6. The second-order valence-corrected chi connectivity index (χ2v) is 3.41. The van der Waals surface area contributed by atoms with E-state index in [2.05, 4.69) is 4.74 Å². The first-order valence-electron chi connectivity index (χ1n) is 3.93. The van der Waals surface area contributed by atoms with Crippen molar-refractivity contribution in [1.82, 2.24) is 0 Å². The van der Waals surface area contributed by atoms with E-state index >= 15 is 0 Å². The van der Waals surface area contributed by atoms with E-state index in [0.29, 0.717) is 0 Å². The van der Waals surface area contributed by atoms with Crippen molar-refractivity contribution >= 4 is 5.97 Å². The van der Waals surface area contributed by atoms with E-state index in [-0.39, 0.29) is 0 Å². The zero-order valence-corrected chi connectivity index (χ0v) is 7.36. The average molecular weight is 208 g/mol. The first-order valence-corrected chi connectivity index (χ1v) is 3.93. The van der Waals surface area contributed by atoms with Gasteiger partial charge in [-0.25, -0.2) is 4.79 Å². The molecule has 0 saturated carbocycles. The lowest BCUT2D eigenvalue weighted by Gasteiger charge is -2.43. The van der Waals surface area contributed by atoms with Gasteiger partial charge in [-0.3, -0.25) is 0 Å². The Labute approximate surface area is 79.2 Å². The van der Waals surface area contributed by atoms with Gasteiger partial charge in [0.05, 0.1) is 0 Å². The van der Waals surface area contributed by atoms with E-state index in [1.54, 1.807) is 0 Å². The topological polar surface area (TPSA) is 127 Å². The molecular formula is C7H12O7. The summed E-state index contributed by atoms with van der Waals surface area (Å²) in [7, 11) is 0. The molecule has 5 atom stereocenters. The van der Waals surface area contributed by atoms with Crippen LogP contribution in [0.15, 0.2) is 0 Å².